The van der Waals surface area contributed by atoms with Crippen molar-refractivity contribution in [2.75, 3.05) is 0 Å². The van der Waals surface area contributed by atoms with Gasteiger partial charge in [-0.05, 0) is 77.1 Å². The van der Waals surface area contributed by atoms with E-state index in [9.17, 15) is 18.0 Å². The molecule has 0 aliphatic rings. The van der Waals surface area contributed by atoms with E-state index in [0.717, 1.165) is 28.3 Å². The van der Waals surface area contributed by atoms with Crippen molar-refractivity contribution in [2.24, 2.45) is 0 Å². The smallest absolute Gasteiger partial charge is 0.418 e. The fraction of sp³-hybridized carbons (Fsp3) is 0.176. The second-order valence-corrected chi connectivity index (χ2v) is 10.5. The van der Waals surface area contributed by atoms with E-state index < -0.39 is 23.8 Å². The van der Waals surface area contributed by atoms with Crippen LogP contribution in [0.1, 0.15) is 34.7 Å². The maximum absolute atomic E-state index is 13.9. The van der Waals surface area contributed by atoms with Gasteiger partial charge in [0.2, 0.25) is 0 Å². The number of hydrogen-bond acceptors (Lipinski definition) is 4. The molecule has 5 rings (SSSR count). The van der Waals surface area contributed by atoms with E-state index in [-0.39, 0.29) is 18.7 Å². The zero-order valence-electron chi connectivity index (χ0n) is 23.1. The summed E-state index contributed by atoms with van der Waals surface area (Å²) in [5.74, 6) is -0.500. The first-order valence-corrected chi connectivity index (χ1v) is 13.8. The second-order valence-electron chi connectivity index (χ2n) is 10.1. The molecule has 43 heavy (non-hydrogen) atoms. The fourth-order valence-corrected chi connectivity index (χ4v) is 4.93. The molecule has 0 spiro atoms. The molecule has 1 atom stereocenters. The molecule has 0 radical (unpaired) electrons. The molecular formula is C34H27ClF3NO4. The number of alkyl halides is 3. The van der Waals surface area contributed by atoms with Crippen molar-refractivity contribution in [1.29, 1.82) is 0 Å². The van der Waals surface area contributed by atoms with Crippen LogP contribution in [-0.2, 0) is 35.3 Å². The van der Waals surface area contributed by atoms with Gasteiger partial charge in [0.05, 0.1) is 17.7 Å². The van der Waals surface area contributed by atoms with Crippen LogP contribution in [0, 0.1) is 0 Å². The van der Waals surface area contributed by atoms with Crippen molar-refractivity contribution >= 4 is 28.5 Å². The first-order chi connectivity index (χ1) is 20.6. The zero-order chi connectivity index (χ0) is 30.6. The molecule has 5 nitrogen and oxygen atoms in total. The van der Waals surface area contributed by atoms with Gasteiger partial charge in [0.25, 0.3) is 0 Å². The van der Waals surface area contributed by atoms with Gasteiger partial charge in [-0.15, -0.1) is 0 Å². The van der Waals surface area contributed by atoms with Gasteiger partial charge in [0.15, 0.2) is 6.10 Å². The summed E-state index contributed by atoms with van der Waals surface area (Å²) in [7, 11) is 0. The Labute approximate surface area is 251 Å². The Morgan fingerprint density at radius 2 is 1.60 bits per heavy atom. The van der Waals surface area contributed by atoms with Crippen LogP contribution < -0.4 is 4.74 Å². The molecule has 1 aromatic heterocycles. The Balaban J connectivity index is 1.47. The largest absolute Gasteiger partial charge is 0.489 e. The minimum absolute atomic E-state index is 0.118. The average molecular weight is 606 g/mol. The highest BCUT2D eigenvalue weighted by Gasteiger charge is 2.33. The van der Waals surface area contributed by atoms with Gasteiger partial charge in [-0.3, -0.25) is 4.98 Å². The normalized spacial score (nSPS) is 12.3. The molecule has 0 aliphatic carbocycles. The predicted octanol–water partition coefficient (Wildman–Crippen LogP) is 8.73. The molecule has 220 valence electrons. The molecule has 0 saturated carbocycles. The number of pyridine rings is 1. The number of ether oxygens (including phenoxy) is 2. The lowest BCUT2D eigenvalue weighted by Crippen LogP contribution is -2.19. The van der Waals surface area contributed by atoms with Crippen LogP contribution in [0.15, 0.2) is 97.2 Å². The number of hydrogen-bond donors (Lipinski definition) is 1. The van der Waals surface area contributed by atoms with Crippen molar-refractivity contribution in [3.63, 3.8) is 0 Å². The summed E-state index contributed by atoms with van der Waals surface area (Å²) < 4.78 is 53.2. The number of benzene rings is 4. The van der Waals surface area contributed by atoms with Gasteiger partial charge in [-0.2, -0.15) is 13.2 Å². The van der Waals surface area contributed by atoms with E-state index in [4.69, 9.17) is 26.2 Å². The number of aromatic nitrogens is 1. The summed E-state index contributed by atoms with van der Waals surface area (Å²) in [5.41, 5.74) is 3.77. The molecule has 0 fully saturated rings. The van der Waals surface area contributed by atoms with Crippen LogP contribution in [-0.4, -0.2) is 22.2 Å². The van der Waals surface area contributed by atoms with Gasteiger partial charge < -0.3 is 14.6 Å². The van der Waals surface area contributed by atoms with Crippen molar-refractivity contribution in [3.05, 3.63) is 130 Å². The van der Waals surface area contributed by atoms with Crippen LogP contribution in [0.2, 0.25) is 5.02 Å². The number of carbonyl (C=O) groups is 1. The lowest BCUT2D eigenvalue weighted by molar-refractivity contribution is -0.149. The highest BCUT2D eigenvalue weighted by Crippen LogP contribution is 2.39. The zero-order valence-corrected chi connectivity index (χ0v) is 23.8. The van der Waals surface area contributed by atoms with E-state index in [2.05, 4.69) is 4.98 Å². The predicted molar refractivity (Wildman–Crippen MR) is 159 cm³/mol. The number of fused-ring (bicyclic) bond motifs is 1. The van der Waals surface area contributed by atoms with Crippen molar-refractivity contribution in [1.82, 2.24) is 4.98 Å². The number of para-hydroxylation sites is 1. The Hall–Kier alpha value is -4.40. The minimum Gasteiger partial charge on any atom is -0.489 e. The number of rotatable bonds is 10. The van der Waals surface area contributed by atoms with Crippen molar-refractivity contribution < 1.29 is 32.5 Å². The Morgan fingerprint density at radius 3 is 2.33 bits per heavy atom. The first-order valence-electron chi connectivity index (χ1n) is 13.5. The maximum Gasteiger partial charge on any atom is 0.418 e. The number of carboxylic acids is 1. The monoisotopic (exact) mass is 605 g/mol. The van der Waals surface area contributed by atoms with Crippen LogP contribution in [0.3, 0.4) is 0 Å². The molecule has 0 aliphatic heterocycles. The topological polar surface area (TPSA) is 68.7 Å². The molecule has 0 amide bonds. The molecule has 1 heterocycles. The molecule has 5 aromatic rings. The summed E-state index contributed by atoms with van der Waals surface area (Å²) in [6.45, 7) is 1.83. The van der Waals surface area contributed by atoms with Crippen LogP contribution >= 0.6 is 11.6 Å². The fourth-order valence-electron chi connectivity index (χ4n) is 4.80. The third kappa shape index (κ3) is 7.34. The second kappa shape index (κ2) is 12.9. The van der Waals surface area contributed by atoms with Gasteiger partial charge >= 0.3 is 12.1 Å². The lowest BCUT2D eigenvalue weighted by atomic mass is 9.92. The molecule has 0 saturated heterocycles. The quantitative estimate of drug-likeness (QED) is 0.172. The summed E-state index contributed by atoms with van der Waals surface area (Å²) in [4.78, 5) is 15.3. The summed E-state index contributed by atoms with van der Waals surface area (Å²) >= 11 is 6.06. The summed E-state index contributed by atoms with van der Waals surface area (Å²) in [5, 5.41) is 10.0. The van der Waals surface area contributed by atoms with E-state index in [1.165, 1.54) is 19.2 Å². The third-order valence-corrected chi connectivity index (χ3v) is 7.21. The molecular weight excluding hydrogens is 579 g/mol. The Bertz CT molecular complexity index is 1760. The Kier molecular flexibility index (Phi) is 8.99. The molecule has 9 heteroatoms. The summed E-state index contributed by atoms with van der Waals surface area (Å²) in [6.07, 6.45) is -3.54. The van der Waals surface area contributed by atoms with Gasteiger partial charge in [-0.25, -0.2) is 4.79 Å². The minimum atomic E-state index is -4.56. The third-order valence-electron chi connectivity index (χ3n) is 6.96. The SMILES string of the molecule is CC(OCc1cccc(COc2cccc(-c3c(Cc4ccc(Cl)cc4)cnc4c(C(F)(F)F)cccc34)c2)c1)C(=O)O. The van der Waals surface area contributed by atoms with Gasteiger partial charge in [0.1, 0.15) is 12.4 Å². The van der Waals surface area contributed by atoms with E-state index >= 15 is 0 Å². The molecule has 1 N–H and O–H groups in total. The van der Waals surface area contributed by atoms with Crippen molar-refractivity contribution in [2.45, 2.75) is 38.8 Å². The van der Waals surface area contributed by atoms with E-state index in [1.54, 1.807) is 30.3 Å². The summed E-state index contributed by atoms with van der Waals surface area (Å²) in [6, 6.07) is 26.1. The van der Waals surface area contributed by atoms with Crippen LogP contribution in [0.4, 0.5) is 13.2 Å². The van der Waals surface area contributed by atoms with E-state index in [0.29, 0.717) is 33.7 Å². The lowest BCUT2D eigenvalue weighted by Gasteiger charge is -2.17. The maximum atomic E-state index is 13.9. The number of aliphatic carboxylic acids is 1. The molecule has 0 bridgehead atoms. The van der Waals surface area contributed by atoms with Crippen molar-refractivity contribution in [3.8, 4) is 16.9 Å². The first kappa shape index (κ1) is 30.1. The average Bonchev–Trinajstić information content (AvgIpc) is 2.99. The molecule has 1 unspecified atom stereocenters. The van der Waals surface area contributed by atoms with Gasteiger partial charge in [0, 0.05) is 16.6 Å². The Morgan fingerprint density at radius 1 is 0.907 bits per heavy atom. The highest BCUT2D eigenvalue weighted by molar-refractivity contribution is 6.30. The van der Waals surface area contributed by atoms with Gasteiger partial charge in [-0.1, -0.05) is 72.3 Å². The van der Waals surface area contributed by atoms with Crippen LogP contribution in [0.25, 0.3) is 22.0 Å². The molecule has 4 aromatic carbocycles. The number of nitrogens with zero attached hydrogens (tertiary/aromatic N) is 1. The van der Waals surface area contributed by atoms with E-state index in [1.807, 2.05) is 48.5 Å². The number of halogens is 4. The number of carboxylic acid groups (broad SMARTS) is 1. The van der Waals surface area contributed by atoms with Crippen LogP contribution in [0.5, 0.6) is 5.75 Å². The highest BCUT2D eigenvalue weighted by atomic mass is 35.5. The standard InChI is InChI=1S/C34H27ClF3NO4/c1-21(33(40)41)42-19-23-5-2-6-24(15-23)20-43-28-8-3-7-25(17-28)31-26(16-22-11-13-27(35)14-12-22)18-39-32-29(31)9-4-10-30(32)34(36,37)38/h2-15,17-18,21H,16,19-20H2,1H3,(H,40,41).